The Kier molecular flexibility index (Phi) is 4.21. The summed E-state index contributed by atoms with van der Waals surface area (Å²) in [4.78, 5) is 11.7. The highest BCUT2D eigenvalue weighted by Gasteiger charge is 2.39. The normalized spacial score (nSPS) is 18.1. The standard InChI is InChI=1S/C13H6I2O6S2/c14-7-5-6-10-11(12(7)15)13(16)22(17,18)9-4-2-1-3-8(9)21-23(10,19)20/h1-6H. The molecule has 0 unspecified atom stereocenters. The SMILES string of the molecule is O=C1c2c(ccc(I)c2I)S(=O)(=O)Oc2ccccc2S1(=O)=O. The van der Waals surface area contributed by atoms with Gasteiger partial charge in [0.25, 0.3) is 5.12 Å². The lowest BCUT2D eigenvalue weighted by atomic mass is 10.2. The van der Waals surface area contributed by atoms with E-state index in [1.165, 1.54) is 30.3 Å². The van der Waals surface area contributed by atoms with Gasteiger partial charge in [-0.2, -0.15) is 8.42 Å². The van der Waals surface area contributed by atoms with Crippen molar-refractivity contribution in [2.75, 3.05) is 0 Å². The maximum Gasteiger partial charge on any atom is 0.340 e. The summed E-state index contributed by atoms with van der Waals surface area (Å²) in [6.45, 7) is 0. The van der Waals surface area contributed by atoms with Crippen LogP contribution in [0.3, 0.4) is 0 Å². The zero-order valence-corrected chi connectivity index (χ0v) is 16.9. The van der Waals surface area contributed by atoms with Crippen LogP contribution in [0.25, 0.3) is 0 Å². The number of hydrogen-bond donors (Lipinski definition) is 0. The van der Waals surface area contributed by atoms with Gasteiger partial charge in [0.15, 0.2) is 5.75 Å². The number of halogens is 2. The Hall–Kier alpha value is -0.730. The third-order valence-electron chi connectivity index (χ3n) is 3.11. The fourth-order valence-corrected chi connectivity index (χ4v) is 6.18. The first-order valence-corrected chi connectivity index (χ1v) is 11.0. The van der Waals surface area contributed by atoms with Crippen LogP contribution in [0.1, 0.15) is 10.4 Å². The molecule has 1 heterocycles. The van der Waals surface area contributed by atoms with Gasteiger partial charge in [-0.25, -0.2) is 8.42 Å². The van der Waals surface area contributed by atoms with Crippen molar-refractivity contribution in [3.05, 3.63) is 49.1 Å². The van der Waals surface area contributed by atoms with Crippen molar-refractivity contribution in [1.29, 1.82) is 0 Å². The second kappa shape index (κ2) is 5.67. The average Bonchev–Trinajstić information content (AvgIpc) is 2.48. The summed E-state index contributed by atoms with van der Waals surface area (Å²) in [6.07, 6.45) is 0. The van der Waals surface area contributed by atoms with Gasteiger partial charge in [0.05, 0.1) is 5.56 Å². The van der Waals surface area contributed by atoms with Crippen LogP contribution in [-0.4, -0.2) is 22.0 Å². The van der Waals surface area contributed by atoms with E-state index >= 15 is 0 Å². The van der Waals surface area contributed by atoms with Gasteiger partial charge in [0.2, 0.25) is 9.84 Å². The predicted octanol–water partition coefficient (Wildman–Crippen LogP) is 2.59. The zero-order chi connectivity index (χ0) is 17.0. The molecule has 10 heteroatoms. The number of hydrogen-bond acceptors (Lipinski definition) is 6. The van der Waals surface area contributed by atoms with Gasteiger partial charge in [0.1, 0.15) is 9.79 Å². The van der Waals surface area contributed by atoms with Crippen LogP contribution in [0.15, 0.2) is 46.2 Å². The first-order chi connectivity index (χ1) is 10.7. The van der Waals surface area contributed by atoms with E-state index in [0.29, 0.717) is 3.57 Å². The molecule has 0 radical (unpaired) electrons. The van der Waals surface area contributed by atoms with Crippen molar-refractivity contribution in [3.8, 4) is 5.75 Å². The minimum atomic E-state index is -4.42. The average molecular weight is 576 g/mol. The molecule has 6 nitrogen and oxygen atoms in total. The fraction of sp³-hybridized carbons (Fsp3) is 0. The maximum absolute atomic E-state index is 12.6. The highest BCUT2D eigenvalue weighted by atomic mass is 127. The summed E-state index contributed by atoms with van der Waals surface area (Å²) in [5.74, 6) is -0.389. The first kappa shape index (κ1) is 17.1. The number of rotatable bonds is 0. The number of fused-ring (bicyclic) bond motifs is 2. The van der Waals surface area contributed by atoms with E-state index in [2.05, 4.69) is 0 Å². The highest BCUT2D eigenvalue weighted by Crippen LogP contribution is 2.36. The molecule has 0 aromatic heterocycles. The van der Waals surface area contributed by atoms with Crippen molar-refractivity contribution in [2.24, 2.45) is 0 Å². The molecule has 0 aliphatic carbocycles. The molecule has 3 rings (SSSR count). The van der Waals surface area contributed by atoms with E-state index in [0.717, 1.165) is 6.07 Å². The van der Waals surface area contributed by atoms with E-state index in [-0.39, 0.29) is 14.9 Å². The van der Waals surface area contributed by atoms with Crippen molar-refractivity contribution < 1.29 is 25.8 Å². The maximum atomic E-state index is 12.6. The lowest BCUT2D eigenvalue weighted by Gasteiger charge is -2.18. The van der Waals surface area contributed by atoms with Crippen LogP contribution in [0, 0.1) is 7.14 Å². The third kappa shape index (κ3) is 2.68. The Morgan fingerprint density at radius 1 is 0.870 bits per heavy atom. The number of carbonyl (C=O) groups excluding carboxylic acids is 1. The van der Waals surface area contributed by atoms with E-state index in [9.17, 15) is 21.6 Å². The second-order valence-electron chi connectivity index (χ2n) is 4.51. The Balaban J connectivity index is 2.48. The topological polar surface area (TPSA) is 94.6 Å². The smallest absolute Gasteiger partial charge is 0.340 e. The van der Waals surface area contributed by atoms with Gasteiger partial charge in [-0.1, -0.05) is 12.1 Å². The molecule has 23 heavy (non-hydrogen) atoms. The molecule has 0 amide bonds. The van der Waals surface area contributed by atoms with Crippen molar-refractivity contribution in [2.45, 2.75) is 9.79 Å². The van der Waals surface area contributed by atoms with Crippen molar-refractivity contribution >= 4 is 70.3 Å². The summed E-state index contributed by atoms with van der Waals surface area (Å²) in [6, 6.07) is 7.81. The van der Waals surface area contributed by atoms with Crippen molar-refractivity contribution in [1.82, 2.24) is 0 Å². The summed E-state index contributed by atoms with van der Waals surface area (Å²) >= 11 is 3.65. The van der Waals surface area contributed by atoms with E-state index in [1.807, 2.05) is 22.6 Å². The lowest BCUT2D eigenvalue weighted by Crippen LogP contribution is -2.26. The fourth-order valence-electron chi connectivity index (χ4n) is 2.07. The molecule has 0 spiro atoms. The van der Waals surface area contributed by atoms with E-state index in [4.69, 9.17) is 4.18 Å². The number of carbonyl (C=O) groups is 1. The number of sulfone groups is 1. The molecule has 1 aliphatic rings. The van der Waals surface area contributed by atoms with Gasteiger partial charge in [0, 0.05) is 7.14 Å². The largest absolute Gasteiger partial charge is 0.378 e. The van der Waals surface area contributed by atoms with Crippen LogP contribution < -0.4 is 4.18 Å². The van der Waals surface area contributed by atoms with Crippen LogP contribution in [0.5, 0.6) is 5.75 Å². The van der Waals surface area contributed by atoms with Gasteiger partial charge in [-0.15, -0.1) is 0 Å². The molecule has 120 valence electrons. The molecule has 0 N–H and O–H groups in total. The molecule has 0 saturated heterocycles. The summed E-state index contributed by atoms with van der Waals surface area (Å²) < 4.78 is 55.9. The van der Waals surface area contributed by atoms with Gasteiger partial charge in [-0.3, -0.25) is 4.79 Å². The highest BCUT2D eigenvalue weighted by molar-refractivity contribution is 14.1. The van der Waals surface area contributed by atoms with E-state index < -0.39 is 34.9 Å². The van der Waals surface area contributed by atoms with Crippen LogP contribution >= 0.6 is 45.2 Å². The summed E-state index contributed by atoms with van der Waals surface area (Å²) in [7, 11) is -8.75. The molecular formula is C13H6I2O6S2. The lowest BCUT2D eigenvalue weighted by molar-refractivity contribution is 0.107. The molecular weight excluding hydrogens is 570 g/mol. The molecule has 1 aliphatic heterocycles. The monoisotopic (exact) mass is 576 g/mol. The Morgan fingerprint density at radius 3 is 2.22 bits per heavy atom. The Bertz CT molecular complexity index is 1060. The molecule has 0 bridgehead atoms. The predicted molar refractivity (Wildman–Crippen MR) is 97.6 cm³/mol. The number of para-hydroxylation sites is 1. The Morgan fingerprint density at radius 2 is 1.52 bits per heavy atom. The minimum absolute atomic E-state index is 0.251. The van der Waals surface area contributed by atoms with Gasteiger partial charge >= 0.3 is 10.1 Å². The zero-order valence-electron chi connectivity index (χ0n) is 11.0. The number of benzene rings is 2. The first-order valence-electron chi connectivity index (χ1n) is 5.97. The summed E-state index contributed by atoms with van der Waals surface area (Å²) in [5.41, 5.74) is -0.382. The second-order valence-corrected chi connectivity index (χ2v) is 10.1. The Labute approximate surface area is 159 Å². The van der Waals surface area contributed by atoms with Crippen molar-refractivity contribution in [3.63, 3.8) is 0 Å². The quantitative estimate of drug-likeness (QED) is 0.354. The van der Waals surface area contributed by atoms with Gasteiger partial charge in [-0.05, 0) is 69.4 Å². The molecule has 2 aromatic rings. The molecule has 2 aromatic carbocycles. The van der Waals surface area contributed by atoms with Crippen LogP contribution in [-0.2, 0) is 20.0 Å². The molecule has 0 saturated carbocycles. The summed E-state index contributed by atoms with van der Waals surface area (Å²) in [5, 5.41) is -1.25. The third-order valence-corrected chi connectivity index (χ3v) is 9.05. The van der Waals surface area contributed by atoms with Crippen LogP contribution in [0.2, 0.25) is 0 Å². The van der Waals surface area contributed by atoms with Crippen LogP contribution in [0.4, 0.5) is 0 Å². The molecule has 0 fully saturated rings. The van der Waals surface area contributed by atoms with E-state index in [1.54, 1.807) is 22.6 Å². The minimum Gasteiger partial charge on any atom is -0.378 e. The molecule has 0 atom stereocenters. The van der Waals surface area contributed by atoms with Gasteiger partial charge < -0.3 is 4.18 Å².